The van der Waals surface area contributed by atoms with E-state index in [4.69, 9.17) is 20.9 Å². The van der Waals surface area contributed by atoms with Crippen molar-refractivity contribution < 1.29 is 14.3 Å². The van der Waals surface area contributed by atoms with Gasteiger partial charge in [0, 0.05) is 18.5 Å². The first-order valence-electron chi connectivity index (χ1n) is 6.82. The number of rotatable bonds is 2. The third kappa shape index (κ3) is 2.32. The highest BCUT2D eigenvalue weighted by atomic mass is 16.7. The number of benzene rings is 1. The van der Waals surface area contributed by atoms with Gasteiger partial charge in [-0.05, 0) is 24.6 Å². The fraction of sp³-hybridized carbons (Fsp3) is 0.500. The van der Waals surface area contributed by atoms with Gasteiger partial charge in [-0.2, -0.15) is 0 Å². The Hall–Kier alpha value is -1.79. The number of hydrogen-bond acceptors (Lipinski definition) is 5. The second-order valence-electron chi connectivity index (χ2n) is 5.27. The Bertz CT molecular complexity index is 526. The van der Waals surface area contributed by atoms with Crippen molar-refractivity contribution in [1.29, 1.82) is 0 Å². The van der Waals surface area contributed by atoms with Crippen LogP contribution in [-0.4, -0.2) is 38.0 Å². The highest BCUT2D eigenvalue weighted by Crippen LogP contribution is 2.34. The molecule has 0 aliphatic carbocycles. The molecule has 2 fully saturated rings. The number of piperidine rings is 1. The molecular weight excluding hydrogens is 258 g/mol. The zero-order chi connectivity index (χ0) is 14.2. The Balaban J connectivity index is 1.83. The molecule has 2 aliphatic heterocycles. The number of nitrogens with zero attached hydrogens (tertiary/aromatic N) is 1. The van der Waals surface area contributed by atoms with Crippen molar-refractivity contribution in [2.75, 3.05) is 36.9 Å². The van der Waals surface area contributed by atoms with Gasteiger partial charge in [0.1, 0.15) is 0 Å². The van der Waals surface area contributed by atoms with Gasteiger partial charge in [0.25, 0.3) is 0 Å². The highest BCUT2D eigenvalue weighted by molar-refractivity contribution is 5.94. The number of carbonyl (C=O) groups excluding carboxylic acids is 1. The first kappa shape index (κ1) is 13.2. The third-order valence-electron chi connectivity index (χ3n) is 3.88. The van der Waals surface area contributed by atoms with Crippen molar-refractivity contribution in [2.24, 2.45) is 5.73 Å². The van der Waals surface area contributed by atoms with E-state index in [0.29, 0.717) is 31.0 Å². The predicted molar refractivity (Wildman–Crippen MR) is 75.5 cm³/mol. The Morgan fingerprint density at radius 2 is 2.05 bits per heavy atom. The minimum Gasteiger partial charge on any atom is -0.397 e. The van der Waals surface area contributed by atoms with Crippen molar-refractivity contribution in [3.8, 4) is 0 Å². The fourth-order valence-electron chi connectivity index (χ4n) is 2.92. The van der Waals surface area contributed by atoms with Crippen LogP contribution in [0.1, 0.15) is 23.2 Å². The molecule has 1 aromatic carbocycles. The Morgan fingerprint density at radius 1 is 1.30 bits per heavy atom. The maximum Gasteiger partial charge on any atom is 0.248 e. The van der Waals surface area contributed by atoms with Gasteiger partial charge in [-0.3, -0.25) is 4.79 Å². The standard InChI is InChI=1S/C14H19N3O3/c15-11-8-10(13(16)18)2-3-12(11)17-5-1-4-14(9-17)19-6-7-20-14/h2-3,8H,1,4-7,9,15H2,(H2,16,18). The zero-order valence-corrected chi connectivity index (χ0v) is 11.3. The van der Waals surface area contributed by atoms with Crippen molar-refractivity contribution in [3.63, 3.8) is 0 Å². The summed E-state index contributed by atoms with van der Waals surface area (Å²) in [4.78, 5) is 13.3. The van der Waals surface area contributed by atoms with E-state index in [9.17, 15) is 4.79 Å². The van der Waals surface area contributed by atoms with E-state index in [2.05, 4.69) is 4.90 Å². The van der Waals surface area contributed by atoms with Gasteiger partial charge in [-0.15, -0.1) is 0 Å². The molecule has 0 saturated carbocycles. The Labute approximate surface area is 117 Å². The van der Waals surface area contributed by atoms with Crippen LogP contribution in [-0.2, 0) is 9.47 Å². The molecule has 1 spiro atoms. The zero-order valence-electron chi connectivity index (χ0n) is 11.3. The molecule has 2 heterocycles. The van der Waals surface area contributed by atoms with Crippen LogP contribution in [0.4, 0.5) is 11.4 Å². The molecule has 6 nitrogen and oxygen atoms in total. The van der Waals surface area contributed by atoms with Crippen molar-refractivity contribution in [2.45, 2.75) is 18.6 Å². The minimum absolute atomic E-state index is 0.423. The molecular formula is C14H19N3O3. The summed E-state index contributed by atoms with van der Waals surface area (Å²) in [6.07, 6.45) is 1.89. The second-order valence-corrected chi connectivity index (χ2v) is 5.27. The van der Waals surface area contributed by atoms with Crippen LogP contribution in [0.3, 0.4) is 0 Å². The molecule has 0 aromatic heterocycles. The average Bonchev–Trinajstić information content (AvgIpc) is 2.86. The van der Waals surface area contributed by atoms with E-state index in [-0.39, 0.29) is 0 Å². The van der Waals surface area contributed by atoms with Gasteiger partial charge in [-0.1, -0.05) is 0 Å². The van der Waals surface area contributed by atoms with Gasteiger partial charge in [0.2, 0.25) is 5.91 Å². The molecule has 108 valence electrons. The quantitative estimate of drug-likeness (QED) is 0.777. The summed E-state index contributed by atoms with van der Waals surface area (Å²) < 4.78 is 11.5. The largest absolute Gasteiger partial charge is 0.397 e. The molecule has 4 N–H and O–H groups in total. The summed E-state index contributed by atoms with van der Waals surface area (Å²) in [5.41, 5.74) is 13.2. The molecule has 3 rings (SSSR count). The van der Waals surface area contributed by atoms with E-state index in [0.717, 1.165) is 25.1 Å². The summed E-state index contributed by atoms with van der Waals surface area (Å²) in [5, 5.41) is 0. The van der Waals surface area contributed by atoms with Crippen LogP contribution in [0.15, 0.2) is 18.2 Å². The van der Waals surface area contributed by atoms with Crippen LogP contribution in [0.2, 0.25) is 0 Å². The summed E-state index contributed by atoms with van der Waals surface area (Å²) in [5.74, 6) is -0.964. The summed E-state index contributed by atoms with van der Waals surface area (Å²) in [7, 11) is 0. The number of ether oxygens (including phenoxy) is 2. The average molecular weight is 277 g/mol. The molecule has 0 radical (unpaired) electrons. The minimum atomic E-state index is -0.493. The lowest BCUT2D eigenvalue weighted by Gasteiger charge is -2.40. The predicted octanol–water partition coefficient (Wildman–Crippen LogP) is 0.711. The molecule has 2 saturated heterocycles. The van der Waals surface area contributed by atoms with E-state index in [1.165, 1.54) is 0 Å². The monoisotopic (exact) mass is 277 g/mol. The molecule has 6 heteroatoms. The number of amides is 1. The van der Waals surface area contributed by atoms with Crippen LogP contribution in [0, 0.1) is 0 Å². The van der Waals surface area contributed by atoms with Crippen molar-refractivity contribution >= 4 is 17.3 Å². The number of nitrogen functional groups attached to an aromatic ring is 1. The van der Waals surface area contributed by atoms with Crippen LogP contribution in [0.25, 0.3) is 0 Å². The van der Waals surface area contributed by atoms with Gasteiger partial charge in [-0.25, -0.2) is 0 Å². The molecule has 1 amide bonds. The lowest BCUT2D eigenvalue weighted by molar-refractivity contribution is -0.161. The molecule has 2 aliphatic rings. The lowest BCUT2D eigenvalue weighted by atomic mass is 10.0. The fourth-order valence-corrected chi connectivity index (χ4v) is 2.92. The Kier molecular flexibility index (Phi) is 3.27. The molecule has 1 aromatic rings. The van der Waals surface area contributed by atoms with E-state index in [1.54, 1.807) is 12.1 Å². The molecule has 0 unspecified atom stereocenters. The van der Waals surface area contributed by atoms with E-state index < -0.39 is 11.7 Å². The number of nitrogens with two attached hydrogens (primary N) is 2. The second kappa shape index (κ2) is 4.96. The van der Waals surface area contributed by atoms with Crippen LogP contribution < -0.4 is 16.4 Å². The molecule has 0 bridgehead atoms. The maximum absolute atomic E-state index is 11.2. The van der Waals surface area contributed by atoms with Gasteiger partial charge in [0.15, 0.2) is 5.79 Å². The van der Waals surface area contributed by atoms with Crippen molar-refractivity contribution in [3.05, 3.63) is 23.8 Å². The Morgan fingerprint density at radius 3 is 2.70 bits per heavy atom. The molecule has 0 atom stereocenters. The summed E-state index contributed by atoms with van der Waals surface area (Å²) >= 11 is 0. The third-order valence-corrected chi connectivity index (χ3v) is 3.88. The SMILES string of the molecule is NC(=O)c1ccc(N2CCCC3(C2)OCCO3)c(N)c1. The van der Waals surface area contributed by atoms with E-state index >= 15 is 0 Å². The van der Waals surface area contributed by atoms with Gasteiger partial charge < -0.3 is 25.8 Å². The maximum atomic E-state index is 11.2. The van der Waals surface area contributed by atoms with Crippen LogP contribution in [0.5, 0.6) is 0 Å². The first-order valence-corrected chi connectivity index (χ1v) is 6.82. The number of hydrogen-bond donors (Lipinski definition) is 2. The number of anilines is 2. The summed E-state index contributed by atoms with van der Waals surface area (Å²) in [6.45, 7) is 2.84. The highest BCUT2D eigenvalue weighted by Gasteiger charge is 2.41. The topological polar surface area (TPSA) is 90.8 Å². The van der Waals surface area contributed by atoms with E-state index in [1.807, 2.05) is 6.07 Å². The number of primary amides is 1. The lowest BCUT2D eigenvalue weighted by Crippen LogP contribution is -2.49. The smallest absolute Gasteiger partial charge is 0.248 e. The van der Waals surface area contributed by atoms with Crippen LogP contribution >= 0.6 is 0 Å². The first-order chi connectivity index (χ1) is 9.60. The summed E-state index contributed by atoms with van der Waals surface area (Å²) in [6, 6.07) is 5.16. The van der Waals surface area contributed by atoms with Gasteiger partial charge >= 0.3 is 0 Å². The number of carbonyl (C=O) groups is 1. The normalized spacial score (nSPS) is 21.3. The van der Waals surface area contributed by atoms with Gasteiger partial charge in [0.05, 0.1) is 31.1 Å². The molecule has 20 heavy (non-hydrogen) atoms. The van der Waals surface area contributed by atoms with Crippen molar-refractivity contribution in [1.82, 2.24) is 0 Å².